The molecule has 0 bridgehead atoms. The molecule has 1 atom stereocenters. The quantitative estimate of drug-likeness (QED) is 0.707. The van der Waals surface area contributed by atoms with E-state index >= 15 is 0 Å². The summed E-state index contributed by atoms with van der Waals surface area (Å²) in [6, 6.07) is 12.7. The molecule has 0 aliphatic rings. The molecule has 2 aromatic rings. The molecular formula is C20H25N3O2. The molecule has 25 heavy (non-hydrogen) atoms. The first kappa shape index (κ1) is 18.5. The van der Waals surface area contributed by atoms with Gasteiger partial charge in [0.1, 0.15) is 0 Å². The number of anilines is 1. The lowest BCUT2D eigenvalue weighted by molar-refractivity contribution is 0.0936. The summed E-state index contributed by atoms with van der Waals surface area (Å²) in [5.41, 5.74) is 9.19. The number of hydrogen-bond donors (Lipinski definition) is 3. The van der Waals surface area contributed by atoms with Crippen molar-refractivity contribution in [2.24, 2.45) is 0 Å². The van der Waals surface area contributed by atoms with Crippen LogP contribution in [-0.4, -0.2) is 17.9 Å². The van der Waals surface area contributed by atoms with E-state index in [-0.39, 0.29) is 17.9 Å². The predicted molar refractivity (Wildman–Crippen MR) is 100 cm³/mol. The summed E-state index contributed by atoms with van der Waals surface area (Å²) < 4.78 is 0. The highest BCUT2D eigenvalue weighted by Gasteiger charge is 2.11. The van der Waals surface area contributed by atoms with E-state index in [9.17, 15) is 9.59 Å². The number of benzene rings is 2. The number of nitrogens with one attached hydrogen (secondary N) is 2. The summed E-state index contributed by atoms with van der Waals surface area (Å²) in [4.78, 5) is 24.5. The summed E-state index contributed by atoms with van der Waals surface area (Å²) in [5.74, 6) is -0.284. The molecule has 4 N–H and O–H groups in total. The van der Waals surface area contributed by atoms with Gasteiger partial charge in [-0.2, -0.15) is 0 Å². The minimum Gasteiger partial charge on any atom is -0.399 e. The number of hydrogen-bond acceptors (Lipinski definition) is 3. The summed E-state index contributed by atoms with van der Waals surface area (Å²) in [5, 5.41) is 5.81. The van der Waals surface area contributed by atoms with Crippen molar-refractivity contribution in [2.75, 3.05) is 5.73 Å². The lowest BCUT2D eigenvalue weighted by atomic mass is 10.1. The first-order valence-electron chi connectivity index (χ1n) is 8.44. The van der Waals surface area contributed by atoms with Crippen LogP contribution >= 0.6 is 0 Å². The van der Waals surface area contributed by atoms with Gasteiger partial charge in [0.2, 0.25) is 0 Å². The number of carbonyl (C=O) groups is 2. The Bertz CT molecular complexity index is 771. The minimum absolute atomic E-state index is 0.103. The third kappa shape index (κ3) is 5.08. The van der Waals surface area contributed by atoms with Crippen molar-refractivity contribution in [3.05, 3.63) is 64.7 Å². The number of aryl methyl sites for hydroxylation is 1. The van der Waals surface area contributed by atoms with Crippen molar-refractivity contribution in [2.45, 2.75) is 39.8 Å². The van der Waals surface area contributed by atoms with Gasteiger partial charge in [0.25, 0.3) is 11.8 Å². The molecule has 0 saturated heterocycles. The van der Waals surface area contributed by atoms with Gasteiger partial charge < -0.3 is 16.4 Å². The Kier molecular flexibility index (Phi) is 6.17. The van der Waals surface area contributed by atoms with Crippen LogP contribution in [0, 0.1) is 6.92 Å². The molecule has 0 heterocycles. The SMILES string of the molecule is CCC(C)NC(=O)c1cccc(CNC(=O)c2cc(N)ccc2C)c1. The maximum absolute atomic E-state index is 12.3. The number of carbonyl (C=O) groups excluding carboxylic acids is 2. The van der Waals surface area contributed by atoms with Crippen LogP contribution in [0.2, 0.25) is 0 Å². The first-order valence-corrected chi connectivity index (χ1v) is 8.44. The lowest BCUT2D eigenvalue weighted by Crippen LogP contribution is -2.32. The standard InChI is InChI=1S/C20H25N3O2/c1-4-14(3)23-19(24)16-7-5-6-15(10-16)12-22-20(25)18-11-17(21)9-8-13(18)2/h5-11,14H,4,12,21H2,1-3H3,(H,22,25)(H,23,24). The summed E-state index contributed by atoms with van der Waals surface area (Å²) in [7, 11) is 0. The van der Waals surface area contributed by atoms with Gasteiger partial charge in [-0.1, -0.05) is 25.1 Å². The van der Waals surface area contributed by atoms with Gasteiger partial charge in [-0.05, 0) is 55.7 Å². The molecule has 132 valence electrons. The van der Waals surface area contributed by atoms with Crippen LogP contribution in [0.5, 0.6) is 0 Å². The monoisotopic (exact) mass is 339 g/mol. The van der Waals surface area contributed by atoms with Crippen molar-refractivity contribution in [3.8, 4) is 0 Å². The topological polar surface area (TPSA) is 84.2 Å². The number of amides is 2. The van der Waals surface area contributed by atoms with Crippen LogP contribution in [0.25, 0.3) is 0 Å². The Morgan fingerprint density at radius 1 is 1.12 bits per heavy atom. The summed E-state index contributed by atoms with van der Waals surface area (Å²) >= 11 is 0. The van der Waals surface area contributed by atoms with Crippen LogP contribution in [0.15, 0.2) is 42.5 Å². The van der Waals surface area contributed by atoms with Gasteiger partial charge >= 0.3 is 0 Å². The third-order valence-electron chi connectivity index (χ3n) is 4.14. The highest BCUT2D eigenvalue weighted by molar-refractivity contribution is 5.96. The average molecular weight is 339 g/mol. The van der Waals surface area contributed by atoms with Crippen molar-refractivity contribution in [3.63, 3.8) is 0 Å². The molecular weight excluding hydrogens is 314 g/mol. The van der Waals surface area contributed by atoms with Gasteiger partial charge in [-0.25, -0.2) is 0 Å². The molecule has 2 aromatic carbocycles. The molecule has 0 saturated carbocycles. The molecule has 0 aliphatic heterocycles. The van der Waals surface area contributed by atoms with Gasteiger partial charge in [0, 0.05) is 29.4 Å². The molecule has 2 rings (SSSR count). The van der Waals surface area contributed by atoms with Gasteiger partial charge in [0.15, 0.2) is 0 Å². The lowest BCUT2D eigenvalue weighted by Gasteiger charge is -2.12. The molecule has 0 spiro atoms. The van der Waals surface area contributed by atoms with E-state index in [1.807, 2.05) is 39.0 Å². The zero-order valence-corrected chi connectivity index (χ0v) is 14.9. The van der Waals surface area contributed by atoms with Crippen LogP contribution in [0.4, 0.5) is 5.69 Å². The second kappa shape index (κ2) is 8.33. The molecule has 1 unspecified atom stereocenters. The van der Waals surface area contributed by atoms with Crippen molar-refractivity contribution >= 4 is 17.5 Å². The van der Waals surface area contributed by atoms with E-state index < -0.39 is 0 Å². The fourth-order valence-electron chi connectivity index (χ4n) is 2.39. The Hall–Kier alpha value is -2.82. The zero-order valence-electron chi connectivity index (χ0n) is 14.9. The molecule has 0 fully saturated rings. The van der Waals surface area contributed by atoms with Gasteiger partial charge in [0.05, 0.1) is 0 Å². The Morgan fingerprint density at radius 2 is 1.88 bits per heavy atom. The molecule has 0 aromatic heterocycles. The third-order valence-corrected chi connectivity index (χ3v) is 4.14. The maximum atomic E-state index is 12.3. The molecule has 5 nitrogen and oxygen atoms in total. The average Bonchev–Trinajstić information content (AvgIpc) is 2.61. The normalized spacial score (nSPS) is 11.6. The van der Waals surface area contributed by atoms with Crippen LogP contribution < -0.4 is 16.4 Å². The van der Waals surface area contributed by atoms with E-state index in [4.69, 9.17) is 5.73 Å². The Labute approximate surface area is 148 Å². The largest absolute Gasteiger partial charge is 0.399 e. The highest BCUT2D eigenvalue weighted by atomic mass is 16.2. The second-order valence-corrected chi connectivity index (χ2v) is 6.24. The van der Waals surface area contributed by atoms with Crippen molar-refractivity contribution in [1.29, 1.82) is 0 Å². The Balaban J connectivity index is 2.03. The van der Waals surface area contributed by atoms with Crippen LogP contribution in [0.1, 0.15) is 52.1 Å². The highest BCUT2D eigenvalue weighted by Crippen LogP contribution is 2.13. The van der Waals surface area contributed by atoms with E-state index in [1.165, 1.54) is 0 Å². The number of nitrogen functional groups attached to an aromatic ring is 1. The fraction of sp³-hybridized carbons (Fsp3) is 0.300. The maximum Gasteiger partial charge on any atom is 0.251 e. The van der Waals surface area contributed by atoms with Gasteiger partial charge in [-0.3, -0.25) is 9.59 Å². The van der Waals surface area contributed by atoms with E-state index in [1.54, 1.807) is 24.3 Å². The molecule has 0 radical (unpaired) electrons. The fourth-order valence-corrected chi connectivity index (χ4v) is 2.39. The predicted octanol–water partition coefficient (Wildman–Crippen LogP) is 3.04. The summed E-state index contributed by atoms with van der Waals surface area (Å²) in [6.45, 7) is 6.21. The summed E-state index contributed by atoms with van der Waals surface area (Å²) in [6.07, 6.45) is 0.876. The van der Waals surface area contributed by atoms with Crippen molar-refractivity contribution in [1.82, 2.24) is 10.6 Å². The van der Waals surface area contributed by atoms with E-state index in [0.29, 0.717) is 23.4 Å². The van der Waals surface area contributed by atoms with E-state index in [2.05, 4.69) is 10.6 Å². The van der Waals surface area contributed by atoms with Crippen molar-refractivity contribution < 1.29 is 9.59 Å². The molecule has 5 heteroatoms. The van der Waals surface area contributed by atoms with Gasteiger partial charge in [-0.15, -0.1) is 0 Å². The smallest absolute Gasteiger partial charge is 0.251 e. The van der Waals surface area contributed by atoms with Crippen LogP contribution in [0.3, 0.4) is 0 Å². The molecule has 0 aliphatic carbocycles. The molecule has 2 amide bonds. The zero-order chi connectivity index (χ0) is 18.4. The number of nitrogens with two attached hydrogens (primary N) is 1. The Morgan fingerprint density at radius 3 is 2.60 bits per heavy atom. The van der Waals surface area contributed by atoms with E-state index in [0.717, 1.165) is 17.5 Å². The number of rotatable bonds is 6. The van der Waals surface area contributed by atoms with Crippen LogP contribution in [-0.2, 0) is 6.54 Å². The second-order valence-electron chi connectivity index (χ2n) is 6.24. The minimum atomic E-state index is -0.181. The first-order chi connectivity index (χ1) is 11.9.